The number of benzene rings is 1. The van der Waals surface area contributed by atoms with Crippen molar-refractivity contribution in [1.29, 1.82) is 0 Å². The first kappa shape index (κ1) is 11.2. The summed E-state index contributed by atoms with van der Waals surface area (Å²) in [6, 6.07) is 9.45. The number of nitrogens with zero attached hydrogens (tertiary/aromatic N) is 3. The fourth-order valence-electron chi connectivity index (χ4n) is 1.14. The Morgan fingerprint density at radius 3 is 2.88 bits per heavy atom. The van der Waals surface area contributed by atoms with E-state index in [9.17, 15) is 0 Å². The minimum atomic E-state index is 0.0769. The second-order valence-electron chi connectivity index (χ2n) is 3.06. The third-order valence-electron chi connectivity index (χ3n) is 1.82. The van der Waals surface area contributed by atoms with E-state index in [0.29, 0.717) is 11.7 Å². The van der Waals surface area contributed by atoms with Crippen LogP contribution in [0.25, 0.3) is 11.5 Å². The minimum Gasteiger partial charge on any atom is -0.375 e. The van der Waals surface area contributed by atoms with Crippen LogP contribution in [0.3, 0.4) is 0 Å². The molecule has 0 aliphatic carbocycles. The van der Waals surface area contributed by atoms with Gasteiger partial charge in [0, 0.05) is 5.56 Å². The number of nitrogens with one attached hydrogen (secondary N) is 1. The van der Waals surface area contributed by atoms with Gasteiger partial charge < -0.3 is 10.3 Å². The number of nitrogens with two attached hydrogens (primary N) is 1. The Bertz CT molecular complexity index is 537. The highest BCUT2D eigenvalue weighted by molar-refractivity contribution is 7.80. The van der Waals surface area contributed by atoms with Gasteiger partial charge in [0.15, 0.2) is 5.11 Å². The highest BCUT2D eigenvalue weighted by atomic mass is 32.1. The molecular weight excluding hydrogens is 238 g/mol. The van der Waals surface area contributed by atoms with Crippen molar-refractivity contribution in [2.45, 2.75) is 0 Å². The molecule has 2 rings (SSSR count). The van der Waals surface area contributed by atoms with E-state index < -0.39 is 0 Å². The standard InChI is InChI=1S/C10H9N5OS/c11-10(17)14-12-6-8-13-9(16-15-8)7-4-2-1-3-5-7/h1-6H,(H3,11,14,17)/b12-6+. The second kappa shape index (κ2) is 5.17. The van der Waals surface area contributed by atoms with E-state index in [1.165, 1.54) is 6.21 Å². The number of rotatable bonds is 3. The van der Waals surface area contributed by atoms with E-state index in [0.717, 1.165) is 5.56 Å². The van der Waals surface area contributed by atoms with Gasteiger partial charge in [0.1, 0.15) is 0 Å². The van der Waals surface area contributed by atoms with Crippen LogP contribution in [0.2, 0.25) is 0 Å². The van der Waals surface area contributed by atoms with E-state index in [1.807, 2.05) is 30.3 Å². The quantitative estimate of drug-likeness (QED) is 0.476. The molecule has 7 heteroatoms. The summed E-state index contributed by atoms with van der Waals surface area (Å²) in [7, 11) is 0. The molecule has 0 bridgehead atoms. The Labute approximate surface area is 103 Å². The summed E-state index contributed by atoms with van der Waals surface area (Å²) in [6.45, 7) is 0. The molecule has 17 heavy (non-hydrogen) atoms. The molecule has 0 amide bonds. The van der Waals surface area contributed by atoms with E-state index in [4.69, 9.17) is 10.3 Å². The second-order valence-corrected chi connectivity index (χ2v) is 3.50. The van der Waals surface area contributed by atoms with Gasteiger partial charge in [0.2, 0.25) is 5.82 Å². The van der Waals surface area contributed by atoms with Crippen molar-refractivity contribution in [1.82, 2.24) is 15.6 Å². The number of hydrogen-bond donors (Lipinski definition) is 2. The molecule has 86 valence electrons. The number of aromatic nitrogens is 2. The van der Waals surface area contributed by atoms with Crippen molar-refractivity contribution in [2.75, 3.05) is 0 Å². The molecule has 0 spiro atoms. The summed E-state index contributed by atoms with van der Waals surface area (Å²) in [5, 5.41) is 7.53. The monoisotopic (exact) mass is 247 g/mol. The Kier molecular flexibility index (Phi) is 3.41. The van der Waals surface area contributed by atoms with Gasteiger partial charge in [-0.25, -0.2) is 0 Å². The zero-order valence-electron chi connectivity index (χ0n) is 8.70. The predicted octanol–water partition coefficient (Wildman–Crippen LogP) is 0.904. The summed E-state index contributed by atoms with van der Waals surface area (Å²) in [6.07, 6.45) is 1.37. The van der Waals surface area contributed by atoms with Crippen LogP contribution in [-0.4, -0.2) is 21.5 Å². The summed E-state index contributed by atoms with van der Waals surface area (Å²) in [5.41, 5.74) is 8.44. The van der Waals surface area contributed by atoms with E-state index in [2.05, 4.69) is 32.9 Å². The van der Waals surface area contributed by atoms with Crippen LogP contribution >= 0.6 is 12.2 Å². The number of hydrazone groups is 1. The molecule has 0 atom stereocenters. The molecule has 0 radical (unpaired) electrons. The largest absolute Gasteiger partial charge is 0.375 e. The van der Waals surface area contributed by atoms with Crippen molar-refractivity contribution in [3.63, 3.8) is 0 Å². The molecule has 1 aromatic carbocycles. The Morgan fingerprint density at radius 1 is 1.41 bits per heavy atom. The van der Waals surface area contributed by atoms with Gasteiger partial charge >= 0.3 is 0 Å². The first-order valence-corrected chi connectivity index (χ1v) is 5.14. The third kappa shape index (κ3) is 3.08. The van der Waals surface area contributed by atoms with Gasteiger partial charge in [-0.15, -0.1) is 0 Å². The Hall–Kier alpha value is -2.28. The van der Waals surface area contributed by atoms with Gasteiger partial charge in [0.05, 0.1) is 6.21 Å². The molecular formula is C10H9N5OS. The van der Waals surface area contributed by atoms with Gasteiger partial charge in [-0.3, -0.25) is 5.43 Å². The average Bonchev–Trinajstić information content (AvgIpc) is 2.78. The Morgan fingerprint density at radius 2 is 2.18 bits per heavy atom. The highest BCUT2D eigenvalue weighted by Crippen LogP contribution is 2.15. The van der Waals surface area contributed by atoms with E-state index in [1.54, 1.807) is 0 Å². The SMILES string of the molecule is NC(=S)N/N=C/c1noc(-c2ccccc2)n1. The van der Waals surface area contributed by atoms with Crippen molar-refractivity contribution in [3.05, 3.63) is 36.2 Å². The van der Waals surface area contributed by atoms with Gasteiger partial charge in [0.25, 0.3) is 5.89 Å². The molecule has 0 aliphatic rings. The zero-order chi connectivity index (χ0) is 12.1. The predicted molar refractivity (Wildman–Crippen MR) is 67.2 cm³/mol. The summed E-state index contributed by atoms with van der Waals surface area (Å²) >= 11 is 4.58. The maximum absolute atomic E-state index is 5.20. The molecule has 1 aromatic heterocycles. The fourth-order valence-corrected chi connectivity index (χ4v) is 1.19. The van der Waals surface area contributed by atoms with Crippen LogP contribution in [0, 0.1) is 0 Å². The van der Waals surface area contributed by atoms with Crippen LogP contribution in [0.1, 0.15) is 5.82 Å². The summed E-state index contributed by atoms with van der Waals surface area (Å²) < 4.78 is 5.06. The smallest absolute Gasteiger partial charge is 0.258 e. The molecule has 0 saturated carbocycles. The lowest BCUT2D eigenvalue weighted by Gasteiger charge is -1.90. The molecule has 3 N–H and O–H groups in total. The summed E-state index contributed by atoms with van der Waals surface area (Å²) in [5.74, 6) is 0.773. The minimum absolute atomic E-state index is 0.0769. The van der Waals surface area contributed by atoms with Crippen LogP contribution in [0.15, 0.2) is 40.0 Å². The molecule has 6 nitrogen and oxygen atoms in total. The van der Waals surface area contributed by atoms with Gasteiger partial charge in [-0.05, 0) is 24.4 Å². The van der Waals surface area contributed by atoms with Crippen LogP contribution in [0.4, 0.5) is 0 Å². The first-order valence-electron chi connectivity index (χ1n) is 4.73. The van der Waals surface area contributed by atoms with Gasteiger partial charge in [-0.1, -0.05) is 23.4 Å². The average molecular weight is 247 g/mol. The molecule has 0 saturated heterocycles. The van der Waals surface area contributed by atoms with Crippen LogP contribution < -0.4 is 11.2 Å². The highest BCUT2D eigenvalue weighted by Gasteiger charge is 2.05. The van der Waals surface area contributed by atoms with Crippen molar-refractivity contribution < 1.29 is 4.52 Å². The zero-order valence-corrected chi connectivity index (χ0v) is 9.52. The molecule has 0 fully saturated rings. The number of thiocarbonyl (C=S) groups is 1. The van der Waals surface area contributed by atoms with Crippen LogP contribution in [-0.2, 0) is 0 Å². The Balaban J connectivity index is 2.11. The molecule has 2 aromatic rings. The maximum atomic E-state index is 5.20. The third-order valence-corrected chi connectivity index (χ3v) is 1.91. The van der Waals surface area contributed by atoms with Gasteiger partial charge in [-0.2, -0.15) is 10.1 Å². The summed E-state index contributed by atoms with van der Waals surface area (Å²) in [4.78, 5) is 4.13. The lowest BCUT2D eigenvalue weighted by Crippen LogP contribution is -2.24. The van der Waals surface area contributed by atoms with Crippen molar-refractivity contribution in [3.8, 4) is 11.5 Å². The normalized spacial score (nSPS) is 10.6. The van der Waals surface area contributed by atoms with E-state index in [-0.39, 0.29) is 5.11 Å². The molecule has 0 aliphatic heterocycles. The lowest BCUT2D eigenvalue weighted by atomic mass is 10.2. The first-order chi connectivity index (χ1) is 8.25. The van der Waals surface area contributed by atoms with Crippen molar-refractivity contribution >= 4 is 23.5 Å². The molecule has 0 unspecified atom stereocenters. The maximum Gasteiger partial charge on any atom is 0.258 e. The lowest BCUT2D eigenvalue weighted by molar-refractivity contribution is 0.429. The topological polar surface area (TPSA) is 89.3 Å². The molecule has 1 heterocycles. The van der Waals surface area contributed by atoms with E-state index >= 15 is 0 Å². The van der Waals surface area contributed by atoms with Crippen LogP contribution in [0.5, 0.6) is 0 Å². The van der Waals surface area contributed by atoms with Crippen molar-refractivity contribution in [2.24, 2.45) is 10.8 Å². The fraction of sp³-hybridized carbons (Fsp3) is 0. The number of hydrogen-bond acceptors (Lipinski definition) is 5.